The van der Waals surface area contributed by atoms with Gasteiger partial charge in [-0.25, -0.2) is 4.98 Å². The van der Waals surface area contributed by atoms with Gasteiger partial charge in [-0.2, -0.15) is 5.10 Å². The van der Waals surface area contributed by atoms with Crippen LogP contribution in [0.2, 0.25) is 0 Å². The zero-order valence-electron chi connectivity index (χ0n) is 10.1. The monoisotopic (exact) mass is 232 g/mol. The second-order valence-electron chi connectivity index (χ2n) is 6.30. The highest BCUT2D eigenvalue weighted by Gasteiger charge is 2.49. The Kier molecular flexibility index (Phi) is 2.10. The third-order valence-corrected chi connectivity index (χ3v) is 5.27. The lowest BCUT2D eigenvalue weighted by molar-refractivity contribution is -0.00555. The van der Waals surface area contributed by atoms with Crippen molar-refractivity contribution in [2.45, 2.75) is 44.6 Å². The molecule has 0 amide bonds. The van der Waals surface area contributed by atoms with E-state index in [1.54, 1.807) is 0 Å². The summed E-state index contributed by atoms with van der Waals surface area (Å²) in [4.78, 5) is 4.58. The predicted octanol–water partition coefficient (Wildman–Crippen LogP) is 1.80. The third kappa shape index (κ3) is 1.46. The summed E-state index contributed by atoms with van der Waals surface area (Å²) in [6, 6.07) is 0. The first-order chi connectivity index (χ1) is 8.33. The van der Waals surface area contributed by atoms with Crippen LogP contribution >= 0.6 is 0 Å². The molecule has 0 aromatic carbocycles. The van der Waals surface area contributed by atoms with Gasteiger partial charge in [0, 0.05) is 5.92 Å². The Morgan fingerprint density at radius 3 is 2.24 bits per heavy atom. The Hall–Kier alpha value is -0.900. The Morgan fingerprint density at radius 2 is 1.71 bits per heavy atom. The summed E-state index contributed by atoms with van der Waals surface area (Å²) in [6.45, 7) is 0.473. The number of aromatic nitrogens is 3. The molecule has 4 bridgehead atoms. The number of H-pyrrole nitrogens is 1. The van der Waals surface area contributed by atoms with E-state index in [9.17, 15) is 0 Å². The molecule has 0 atom stereocenters. The number of nitrogens with one attached hydrogen (secondary N) is 1. The molecule has 4 aliphatic rings. The molecule has 5 rings (SSSR count). The second-order valence-corrected chi connectivity index (χ2v) is 6.30. The highest BCUT2D eigenvalue weighted by molar-refractivity contribution is 5.10. The Bertz CT molecular complexity index is 397. The zero-order chi connectivity index (χ0) is 11.4. The largest absolute Gasteiger partial charge is 0.324 e. The van der Waals surface area contributed by atoms with Crippen LogP contribution in [0.25, 0.3) is 0 Å². The fourth-order valence-electron chi connectivity index (χ4n) is 4.90. The van der Waals surface area contributed by atoms with Crippen molar-refractivity contribution in [2.75, 3.05) is 0 Å². The van der Waals surface area contributed by atoms with Crippen molar-refractivity contribution in [3.8, 4) is 0 Å². The van der Waals surface area contributed by atoms with Gasteiger partial charge in [0.2, 0.25) is 0 Å². The summed E-state index contributed by atoms with van der Waals surface area (Å²) in [5.41, 5.74) is 5.60. The topological polar surface area (TPSA) is 67.6 Å². The molecule has 0 unspecified atom stereocenters. The number of hydrogen-bond donors (Lipinski definition) is 2. The summed E-state index contributed by atoms with van der Waals surface area (Å²) in [7, 11) is 0. The van der Waals surface area contributed by atoms with Crippen molar-refractivity contribution in [1.82, 2.24) is 15.2 Å². The number of nitrogens with two attached hydrogens (primary N) is 1. The Labute approximate surface area is 101 Å². The highest BCUT2D eigenvalue weighted by Crippen LogP contribution is 2.59. The van der Waals surface area contributed by atoms with Crippen molar-refractivity contribution < 1.29 is 0 Å². The fraction of sp³-hybridized carbons (Fsp3) is 0.846. The lowest BCUT2D eigenvalue weighted by Crippen LogP contribution is -2.44. The average molecular weight is 232 g/mol. The van der Waals surface area contributed by atoms with E-state index in [1.165, 1.54) is 32.1 Å². The molecule has 4 fully saturated rings. The maximum atomic E-state index is 5.60. The van der Waals surface area contributed by atoms with Gasteiger partial charge in [-0.1, -0.05) is 0 Å². The van der Waals surface area contributed by atoms with E-state index in [-0.39, 0.29) is 0 Å². The fourth-order valence-corrected chi connectivity index (χ4v) is 4.90. The van der Waals surface area contributed by atoms with Crippen molar-refractivity contribution in [3.63, 3.8) is 0 Å². The quantitative estimate of drug-likeness (QED) is 0.817. The first-order valence-electron chi connectivity index (χ1n) is 6.94. The minimum atomic E-state index is 0.473. The number of hydrogen-bond acceptors (Lipinski definition) is 3. The normalized spacial score (nSPS) is 43.2. The van der Waals surface area contributed by atoms with Crippen molar-refractivity contribution in [1.29, 1.82) is 0 Å². The zero-order valence-corrected chi connectivity index (χ0v) is 10.1. The van der Waals surface area contributed by atoms with E-state index in [0.717, 1.165) is 35.3 Å². The summed E-state index contributed by atoms with van der Waals surface area (Å²) < 4.78 is 0. The average Bonchev–Trinajstić information content (AvgIpc) is 2.76. The first kappa shape index (κ1) is 10.1. The van der Waals surface area contributed by atoms with Crippen LogP contribution in [-0.2, 0) is 6.54 Å². The molecule has 1 aromatic rings. The maximum absolute atomic E-state index is 5.60. The summed E-state index contributed by atoms with van der Waals surface area (Å²) in [6.07, 6.45) is 7.18. The van der Waals surface area contributed by atoms with Gasteiger partial charge in [0.05, 0.1) is 6.54 Å². The molecule has 0 spiro atoms. The minimum Gasteiger partial charge on any atom is -0.324 e. The molecule has 17 heavy (non-hydrogen) atoms. The van der Waals surface area contributed by atoms with E-state index < -0.39 is 0 Å². The number of nitrogens with zero attached hydrogens (tertiary/aromatic N) is 2. The van der Waals surface area contributed by atoms with E-state index in [4.69, 9.17) is 5.73 Å². The third-order valence-electron chi connectivity index (χ3n) is 5.27. The van der Waals surface area contributed by atoms with Gasteiger partial charge < -0.3 is 5.73 Å². The van der Waals surface area contributed by atoms with Crippen LogP contribution in [0.15, 0.2) is 0 Å². The van der Waals surface area contributed by atoms with Crippen LogP contribution in [0.3, 0.4) is 0 Å². The maximum Gasteiger partial charge on any atom is 0.154 e. The van der Waals surface area contributed by atoms with E-state index in [1.807, 2.05) is 0 Å². The minimum absolute atomic E-state index is 0.473. The van der Waals surface area contributed by atoms with Crippen LogP contribution in [0, 0.1) is 23.7 Å². The molecule has 1 aromatic heterocycles. The molecule has 4 heteroatoms. The lowest BCUT2D eigenvalue weighted by Gasteiger charge is -2.53. The predicted molar refractivity (Wildman–Crippen MR) is 64.1 cm³/mol. The number of aromatic amines is 1. The Balaban J connectivity index is 1.65. The van der Waals surface area contributed by atoms with Crippen LogP contribution in [0.4, 0.5) is 0 Å². The second kappa shape index (κ2) is 3.55. The summed E-state index contributed by atoms with van der Waals surface area (Å²) in [5, 5.41) is 7.40. The van der Waals surface area contributed by atoms with Crippen molar-refractivity contribution in [3.05, 3.63) is 11.6 Å². The smallest absolute Gasteiger partial charge is 0.154 e. The van der Waals surface area contributed by atoms with Gasteiger partial charge >= 0.3 is 0 Å². The van der Waals surface area contributed by atoms with Gasteiger partial charge in [0.1, 0.15) is 5.82 Å². The molecule has 0 aliphatic heterocycles. The standard InChI is InChI=1S/C13H20N4/c14-6-11-15-13(17-16-11)12-9-2-7-1-8(4-9)5-10(12)3-7/h7-10,12H,1-6,14H2,(H,15,16,17). The van der Waals surface area contributed by atoms with Crippen molar-refractivity contribution >= 4 is 0 Å². The molecule has 4 nitrogen and oxygen atoms in total. The van der Waals surface area contributed by atoms with Crippen LogP contribution in [0.1, 0.15) is 49.7 Å². The Morgan fingerprint density at radius 1 is 1.06 bits per heavy atom. The van der Waals surface area contributed by atoms with E-state index in [0.29, 0.717) is 12.5 Å². The molecule has 92 valence electrons. The summed E-state index contributed by atoms with van der Waals surface area (Å²) >= 11 is 0. The molecule has 1 heterocycles. The summed E-state index contributed by atoms with van der Waals surface area (Å²) in [5.74, 6) is 6.26. The van der Waals surface area contributed by atoms with E-state index in [2.05, 4.69) is 15.2 Å². The number of rotatable bonds is 2. The van der Waals surface area contributed by atoms with Crippen LogP contribution < -0.4 is 5.73 Å². The molecule has 3 N–H and O–H groups in total. The SMILES string of the molecule is NCc1nc(C2C3CC4CC(C3)CC2C4)n[nH]1. The molecular formula is C13H20N4. The molecule has 0 saturated heterocycles. The van der Waals surface area contributed by atoms with Gasteiger partial charge in [0.15, 0.2) is 5.82 Å². The molecule has 0 radical (unpaired) electrons. The highest BCUT2D eigenvalue weighted by atomic mass is 15.2. The van der Waals surface area contributed by atoms with Gasteiger partial charge in [0.25, 0.3) is 0 Å². The molecule has 4 aliphatic carbocycles. The van der Waals surface area contributed by atoms with Crippen LogP contribution in [-0.4, -0.2) is 15.2 Å². The van der Waals surface area contributed by atoms with E-state index >= 15 is 0 Å². The molecule has 4 saturated carbocycles. The molecular weight excluding hydrogens is 212 g/mol. The van der Waals surface area contributed by atoms with Gasteiger partial charge in [-0.3, -0.25) is 5.10 Å². The van der Waals surface area contributed by atoms with Crippen LogP contribution in [0.5, 0.6) is 0 Å². The first-order valence-corrected chi connectivity index (χ1v) is 6.94. The lowest BCUT2D eigenvalue weighted by atomic mass is 9.52. The van der Waals surface area contributed by atoms with Gasteiger partial charge in [-0.15, -0.1) is 0 Å². The van der Waals surface area contributed by atoms with Crippen molar-refractivity contribution in [2.24, 2.45) is 29.4 Å². The van der Waals surface area contributed by atoms with Gasteiger partial charge in [-0.05, 0) is 55.8 Å².